The third-order valence-corrected chi connectivity index (χ3v) is 4.92. The third-order valence-electron chi connectivity index (χ3n) is 4.92. The van der Waals surface area contributed by atoms with Crippen LogP contribution < -0.4 is 10.6 Å². The summed E-state index contributed by atoms with van der Waals surface area (Å²) in [6, 6.07) is 2.09. The van der Waals surface area contributed by atoms with Crippen LogP contribution in [0.3, 0.4) is 0 Å². The Hall–Kier alpha value is -2.05. The van der Waals surface area contributed by atoms with Crippen LogP contribution >= 0.6 is 0 Å². The highest BCUT2D eigenvalue weighted by molar-refractivity contribution is 5.84. The number of amides is 1. The molecule has 7 heteroatoms. The quantitative estimate of drug-likeness (QED) is 0.326. The first-order valence-corrected chi connectivity index (χ1v) is 10.6. The van der Waals surface area contributed by atoms with Gasteiger partial charge in [-0.15, -0.1) is 0 Å². The molecule has 1 heterocycles. The Balaban J connectivity index is 2.55. The average molecular weight is 393 g/mol. The van der Waals surface area contributed by atoms with Crippen LogP contribution in [0.2, 0.25) is 0 Å². The van der Waals surface area contributed by atoms with Gasteiger partial charge in [0.15, 0.2) is 5.96 Å². The SMILES string of the molecule is CCCCC(CC)CNC(=NCC(=O)N(C)C)NCCCn1nc(C)cc1C. The minimum absolute atomic E-state index is 0.00163. The Morgan fingerprint density at radius 2 is 2.00 bits per heavy atom. The summed E-state index contributed by atoms with van der Waals surface area (Å²) in [7, 11) is 3.51. The summed E-state index contributed by atoms with van der Waals surface area (Å²) < 4.78 is 2.04. The number of rotatable bonds is 12. The molecule has 0 saturated carbocycles. The summed E-state index contributed by atoms with van der Waals surface area (Å²) >= 11 is 0. The number of hydrogen-bond donors (Lipinski definition) is 2. The molecular formula is C21H40N6O. The van der Waals surface area contributed by atoms with E-state index in [-0.39, 0.29) is 12.5 Å². The number of guanidine groups is 1. The summed E-state index contributed by atoms with van der Waals surface area (Å²) in [6.07, 6.45) is 5.79. The molecular weight excluding hydrogens is 352 g/mol. The Morgan fingerprint density at radius 1 is 1.25 bits per heavy atom. The van der Waals surface area contributed by atoms with E-state index in [1.807, 2.05) is 11.6 Å². The molecule has 1 aromatic rings. The number of nitrogens with one attached hydrogen (secondary N) is 2. The van der Waals surface area contributed by atoms with Gasteiger partial charge in [-0.1, -0.05) is 33.1 Å². The zero-order chi connectivity index (χ0) is 20.9. The number of hydrogen-bond acceptors (Lipinski definition) is 3. The molecule has 0 radical (unpaired) electrons. The van der Waals surface area contributed by atoms with E-state index in [0.717, 1.165) is 44.1 Å². The van der Waals surface area contributed by atoms with E-state index >= 15 is 0 Å². The molecule has 0 spiro atoms. The molecule has 0 bridgehead atoms. The van der Waals surface area contributed by atoms with E-state index in [1.54, 1.807) is 19.0 Å². The smallest absolute Gasteiger partial charge is 0.243 e. The standard InChI is InChI=1S/C21H40N6O/c1-7-9-11-19(8-2)15-23-21(24-16-20(28)26(5)6)22-12-10-13-27-18(4)14-17(3)25-27/h14,19H,7-13,15-16H2,1-6H3,(H2,22,23,24). The van der Waals surface area contributed by atoms with E-state index in [9.17, 15) is 4.79 Å². The molecule has 1 aromatic heterocycles. The van der Waals surface area contributed by atoms with Gasteiger partial charge in [0.05, 0.1) is 5.69 Å². The molecule has 0 aromatic carbocycles. The van der Waals surface area contributed by atoms with Crippen molar-refractivity contribution in [2.24, 2.45) is 10.9 Å². The molecule has 1 unspecified atom stereocenters. The van der Waals surface area contributed by atoms with E-state index in [0.29, 0.717) is 5.92 Å². The molecule has 0 aliphatic carbocycles. The molecule has 2 N–H and O–H groups in total. The van der Waals surface area contributed by atoms with Gasteiger partial charge in [0.1, 0.15) is 6.54 Å². The van der Waals surface area contributed by atoms with Gasteiger partial charge in [0.2, 0.25) is 5.91 Å². The lowest BCUT2D eigenvalue weighted by Gasteiger charge is -2.18. The van der Waals surface area contributed by atoms with Gasteiger partial charge >= 0.3 is 0 Å². The minimum Gasteiger partial charge on any atom is -0.356 e. The number of unbranched alkanes of at least 4 members (excludes halogenated alkanes) is 1. The molecule has 28 heavy (non-hydrogen) atoms. The van der Waals surface area contributed by atoms with Gasteiger partial charge in [-0.05, 0) is 38.7 Å². The van der Waals surface area contributed by atoms with Crippen molar-refractivity contribution in [2.45, 2.75) is 66.3 Å². The molecule has 1 atom stereocenters. The topological polar surface area (TPSA) is 74.6 Å². The Kier molecular flexibility index (Phi) is 11.3. The molecule has 0 fully saturated rings. The van der Waals surface area contributed by atoms with Gasteiger partial charge in [-0.2, -0.15) is 5.10 Å². The fourth-order valence-electron chi connectivity index (χ4n) is 2.98. The van der Waals surface area contributed by atoms with Crippen LogP contribution in [0.15, 0.2) is 11.1 Å². The van der Waals surface area contributed by atoms with Crippen molar-refractivity contribution >= 4 is 11.9 Å². The fraction of sp³-hybridized carbons (Fsp3) is 0.762. The summed E-state index contributed by atoms with van der Waals surface area (Å²) in [5.74, 6) is 1.35. The van der Waals surface area contributed by atoms with Crippen molar-refractivity contribution < 1.29 is 4.79 Å². The first-order valence-electron chi connectivity index (χ1n) is 10.6. The fourth-order valence-corrected chi connectivity index (χ4v) is 2.98. The Morgan fingerprint density at radius 3 is 2.57 bits per heavy atom. The zero-order valence-electron chi connectivity index (χ0n) is 18.7. The summed E-state index contributed by atoms with van der Waals surface area (Å²) in [5.41, 5.74) is 2.23. The van der Waals surface area contributed by atoms with Crippen LogP contribution in [0, 0.1) is 19.8 Å². The van der Waals surface area contributed by atoms with Gasteiger partial charge in [0, 0.05) is 39.4 Å². The van der Waals surface area contributed by atoms with E-state index in [4.69, 9.17) is 0 Å². The van der Waals surface area contributed by atoms with Crippen molar-refractivity contribution in [2.75, 3.05) is 33.7 Å². The van der Waals surface area contributed by atoms with Crippen molar-refractivity contribution in [3.05, 3.63) is 17.5 Å². The maximum Gasteiger partial charge on any atom is 0.243 e. The van der Waals surface area contributed by atoms with Crippen LogP contribution in [-0.4, -0.2) is 60.3 Å². The second-order valence-corrected chi connectivity index (χ2v) is 7.68. The van der Waals surface area contributed by atoms with Crippen LogP contribution in [0.4, 0.5) is 0 Å². The van der Waals surface area contributed by atoms with Crippen LogP contribution in [0.5, 0.6) is 0 Å². The average Bonchev–Trinajstić information content (AvgIpc) is 2.99. The predicted molar refractivity (Wildman–Crippen MR) is 117 cm³/mol. The second-order valence-electron chi connectivity index (χ2n) is 7.68. The number of likely N-dealkylation sites (N-methyl/N-ethyl adjacent to an activating group) is 1. The largest absolute Gasteiger partial charge is 0.356 e. The summed E-state index contributed by atoms with van der Waals surface area (Å²) in [5, 5.41) is 11.3. The van der Waals surface area contributed by atoms with E-state index in [2.05, 4.69) is 47.6 Å². The molecule has 0 aliphatic rings. The third kappa shape index (κ3) is 9.24. The summed E-state index contributed by atoms with van der Waals surface area (Å²) in [4.78, 5) is 17.9. The van der Waals surface area contributed by atoms with Crippen molar-refractivity contribution in [3.63, 3.8) is 0 Å². The second kappa shape index (κ2) is 13.2. The maximum atomic E-state index is 11.9. The van der Waals surface area contributed by atoms with Crippen molar-refractivity contribution in [3.8, 4) is 0 Å². The van der Waals surface area contributed by atoms with Gasteiger partial charge in [0.25, 0.3) is 0 Å². The normalized spacial score (nSPS) is 12.7. The first kappa shape index (κ1) is 24.0. The Bertz CT molecular complexity index is 608. The molecule has 0 saturated heterocycles. The highest BCUT2D eigenvalue weighted by Crippen LogP contribution is 2.11. The van der Waals surface area contributed by atoms with Crippen LogP contribution in [0.25, 0.3) is 0 Å². The predicted octanol–water partition coefficient (Wildman–Crippen LogP) is 2.73. The van der Waals surface area contributed by atoms with Gasteiger partial charge in [-0.3, -0.25) is 9.48 Å². The maximum absolute atomic E-state index is 11.9. The first-order chi connectivity index (χ1) is 13.4. The highest BCUT2D eigenvalue weighted by atomic mass is 16.2. The van der Waals surface area contributed by atoms with Gasteiger partial charge < -0.3 is 15.5 Å². The van der Waals surface area contributed by atoms with Crippen molar-refractivity contribution in [1.82, 2.24) is 25.3 Å². The molecule has 160 valence electrons. The molecule has 0 aliphatic heterocycles. The number of aryl methyl sites for hydroxylation is 3. The number of aromatic nitrogens is 2. The number of carbonyl (C=O) groups is 1. The van der Waals surface area contributed by atoms with Crippen molar-refractivity contribution in [1.29, 1.82) is 0 Å². The molecule has 1 amide bonds. The number of nitrogens with zero attached hydrogens (tertiary/aromatic N) is 4. The minimum atomic E-state index is 0.00163. The van der Waals surface area contributed by atoms with E-state index in [1.165, 1.54) is 25.0 Å². The molecule has 7 nitrogen and oxygen atoms in total. The monoisotopic (exact) mass is 392 g/mol. The number of aliphatic imine (C=N–C) groups is 1. The lowest BCUT2D eigenvalue weighted by molar-refractivity contribution is -0.127. The zero-order valence-corrected chi connectivity index (χ0v) is 18.7. The van der Waals surface area contributed by atoms with Crippen LogP contribution in [0.1, 0.15) is 57.3 Å². The lowest BCUT2D eigenvalue weighted by Crippen LogP contribution is -2.41. The number of carbonyl (C=O) groups excluding carboxylic acids is 1. The lowest BCUT2D eigenvalue weighted by atomic mass is 9.99. The highest BCUT2D eigenvalue weighted by Gasteiger charge is 2.09. The Labute approximate surface area is 171 Å². The van der Waals surface area contributed by atoms with Crippen LogP contribution in [-0.2, 0) is 11.3 Å². The molecule has 1 rings (SSSR count). The summed E-state index contributed by atoms with van der Waals surface area (Å²) in [6.45, 7) is 11.2. The van der Waals surface area contributed by atoms with E-state index < -0.39 is 0 Å². The van der Waals surface area contributed by atoms with Gasteiger partial charge in [-0.25, -0.2) is 4.99 Å².